The van der Waals surface area contributed by atoms with Crippen LogP contribution in [0.15, 0.2) is 103 Å². The lowest BCUT2D eigenvalue weighted by atomic mass is 10.1. The number of hydrogen-bond acceptors (Lipinski definition) is 3. The van der Waals surface area contributed by atoms with Gasteiger partial charge in [-0.1, -0.05) is 84.4 Å². The summed E-state index contributed by atoms with van der Waals surface area (Å²) in [4.78, 5) is 28.3. The standard InChI is InChI=1S/C31H27ClN4O2/c1-21(2)35(31(38)25-17-16-22-10-6-7-13-24(22)18-25)20-30(37)33-29-19-27(23-11-4-3-5-12-23)34-36(29)28-15-9-8-14-26(28)32/h3-19,21H,20H2,1-2H3,(H,33,37). The molecule has 2 amide bonds. The second-order valence-electron chi connectivity index (χ2n) is 9.28. The molecule has 0 bridgehead atoms. The molecule has 6 nitrogen and oxygen atoms in total. The largest absolute Gasteiger partial charge is 0.327 e. The fourth-order valence-electron chi connectivity index (χ4n) is 4.34. The van der Waals surface area contributed by atoms with Gasteiger partial charge in [-0.05, 0) is 48.9 Å². The van der Waals surface area contributed by atoms with Crippen LogP contribution in [0, 0.1) is 0 Å². The number of nitrogens with zero attached hydrogens (tertiary/aromatic N) is 3. The van der Waals surface area contributed by atoms with Crippen LogP contribution in [0.1, 0.15) is 24.2 Å². The molecule has 0 aliphatic carbocycles. The summed E-state index contributed by atoms with van der Waals surface area (Å²) in [7, 11) is 0. The Bertz CT molecular complexity index is 1610. The van der Waals surface area contributed by atoms with E-state index in [2.05, 4.69) is 5.32 Å². The van der Waals surface area contributed by atoms with Gasteiger partial charge in [-0.25, -0.2) is 4.68 Å². The third kappa shape index (κ3) is 5.31. The smallest absolute Gasteiger partial charge is 0.254 e. The number of fused-ring (bicyclic) bond motifs is 1. The molecule has 4 aromatic carbocycles. The van der Waals surface area contributed by atoms with Crippen LogP contribution in [0.4, 0.5) is 5.82 Å². The molecule has 1 heterocycles. The van der Waals surface area contributed by atoms with Crippen LogP contribution in [-0.2, 0) is 4.79 Å². The predicted molar refractivity (Wildman–Crippen MR) is 153 cm³/mol. The van der Waals surface area contributed by atoms with Crippen molar-refractivity contribution in [3.63, 3.8) is 0 Å². The summed E-state index contributed by atoms with van der Waals surface area (Å²) in [5.74, 6) is -0.0741. The number of amides is 2. The van der Waals surface area contributed by atoms with Gasteiger partial charge < -0.3 is 10.2 Å². The molecule has 0 saturated carbocycles. The van der Waals surface area contributed by atoms with E-state index < -0.39 is 0 Å². The molecule has 0 aliphatic heterocycles. The molecular formula is C31H27ClN4O2. The Morgan fingerprint density at radius 2 is 1.55 bits per heavy atom. The maximum atomic E-state index is 13.5. The molecule has 190 valence electrons. The van der Waals surface area contributed by atoms with Crippen LogP contribution >= 0.6 is 11.6 Å². The van der Waals surface area contributed by atoms with Gasteiger partial charge in [-0.15, -0.1) is 0 Å². The van der Waals surface area contributed by atoms with Crippen LogP contribution < -0.4 is 5.32 Å². The van der Waals surface area contributed by atoms with Crippen LogP contribution in [-0.4, -0.2) is 39.1 Å². The van der Waals surface area contributed by atoms with E-state index in [-0.39, 0.29) is 24.4 Å². The number of carbonyl (C=O) groups is 2. The van der Waals surface area contributed by atoms with Gasteiger partial charge in [0.1, 0.15) is 12.4 Å². The highest BCUT2D eigenvalue weighted by Gasteiger charge is 2.23. The molecule has 0 unspecified atom stereocenters. The van der Waals surface area contributed by atoms with E-state index >= 15 is 0 Å². The van der Waals surface area contributed by atoms with Crippen molar-refractivity contribution in [2.75, 3.05) is 11.9 Å². The molecule has 0 fully saturated rings. The minimum Gasteiger partial charge on any atom is -0.327 e. The van der Waals surface area contributed by atoms with E-state index in [1.54, 1.807) is 27.8 Å². The number of para-hydroxylation sites is 1. The van der Waals surface area contributed by atoms with E-state index in [0.717, 1.165) is 16.3 Å². The highest BCUT2D eigenvalue weighted by Crippen LogP contribution is 2.28. The molecule has 1 N–H and O–H groups in total. The summed E-state index contributed by atoms with van der Waals surface area (Å²) in [6.07, 6.45) is 0. The first-order chi connectivity index (χ1) is 18.4. The third-order valence-corrected chi connectivity index (χ3v) is 6.64. The van der Waals surface area contributed by atoms with Crippen LogP contribution in [0.25, 0.3) is 27.7 Å². The van der Waals surface area contributed by atoms with E-state index in [0.29, 0.717) is 27.8 Å². The van der Waals surface area contributed by atoms with Gasteiger partial charge in [0.25, 0.3) is 5.91 Å². The van der Waals surface area contributed by atoms with Crippen molar-refractivity contribution >= 4 is 40.0 Å². The Kier molecular flexibility index (Phi) is 7.24. The molecule has 5 aromatic rings. The Balaban J connectivity index is 1.42. The molecule has 0 saturated heterocycles. The SMILES string of the molecule is CC(C)N(CC(=O)Nc1cc(-c2ccccc2)nn1-c1ccccc1Cl)C(=O)c1ccc2ccccc2c1. The Labute approximate surface area is 226 Å². The predicted octanol–water partition coefficient (Wildman–Crippen LogP) is 6.84. The molecule has 0 spiro atoms. The first kappa shape index (κ1) is 25.2. The number of halogens is 1. The van der Waals surface area contributed by atoms with Crippen molar-refractivity contribution in [2.24, 2.45) is 0 Å². The maximum Gasteiger partial charge on any atom is 0.254 e. The van der Waals surface area contributed by atoms with Gasteiger partial charge in [0.15, 0.2) is 0 Å². The molecule has 0 radical (unpaired) electrons. The highest BCUT2D eigenvalue weighted by atomic mass is 35.5. The average molecular weight is 523 g/mol. The van der Waals surface area contributed by atoms with Gasteiger partial charge >= 0.3 is 0 Å². The van der Waals surface area contributed by atoms with Gasteiger partial charge in [0, 0.05) is 23.2 Å². The van der Waals surface area contributed by atoms with E-state index in [1.807, 2.05) is 98.8 Å². The fourth-order valence-corrected chi connectivity index (χ4v) is 4.56. The Morgan fingerprint density at radius 3 is 2.29 bits per heavy atom. The zero-order valence-corrected chi connectivity index (χ0v) is 21.9. The second kappa shape index (κ2) is 10.9. The van der Waals surface area contributed by atoms with Gasteiger partial charge in [0.05, 0.1) is 16.4 Å². The highest BCUT2D eigenvalue weighted by molar-refractivity contribution is 6.32. The molecule has 5 rings (SSSR count). The lowest BCUT2D eigenvalue weighted by molar-refractivity contribution is -0.117. The Hall–Kier alpha value is -4.42. The van der Waals surface area contributed by atoms with Gasteiger partial charge in [-0.3, -0.25) is 9.59 Å². The monoisotopic (exact) mass is 522 g/mol. The zero-order valence-electron chi connectivity index (χ0n) is 21.1. The third-order valence-electron chi connectivity index (χ3n) is 6.32. The lowest BCUT2D eigenvalue weighted by Crippen LogP contribution is -2.42. The number of carbonyl (C=O) groups excluding carboxylic acids is 2. The maximum absolute atomic E-state index is 13.5. The van der Waals surface area contributed by atoms with E-state index in [4.69, 9.17) is 16.7 Å². The first-order valence-electron chi connectivity index (χ1n) is 12.4. The summed E-state index contributed by atoms with van der Waals surface area (Å²) in [5, 5.41) is 10.2. The Morgan fingerprint density at radius 1 is 0.868 bits per heavy atom. The summed E-state index contributed by atoms with van der Waals surface area (Å²) in [5.41, 5.74) is 2.77. The molecular weight excluding hydrogens is 496 g/mol. The average Bonchev–Trinajstić information content (AvgIpc) is 3.35. The van der Waals surface area contributed by atoms with Crippen molar-refractivity contribution in [3.05, 3.63) is 114 Å². The van der Waals surface area contributed by atoms with Crippen molar-refractivity contribution < 1.29 is 9.59 Å². The van der Waals surface area contributed by atoms with Crippen LogP contribution in [0.2, 0.25) is 5.02 Å². The van der Waals surface area contributed by atoms with E-state index in [1.165, 1.54) is 0 Å². The van der Waals surface area contributed by atoms with Gasteiger partial charge in [0.2, 0.25) is 5.91 Å². The number of nitrogens with one attached hydrogen (secondary N) is 1. The van der Waals surface area contributed by atoms with Crippen LogP contribution in [0.3, 0.4) is 0 Å². The number of rotatable bonds is 7. The van der Waals surface area contributed by atoms with Crippen molar-refractivity contribution in [2.45, 2.75) is 19.9 Å². The molecule has 0 aliphatic rings. The van der Waals surface area contributed by atoms with Crippen molar-refractivity contribution in [3.8, 4) is 16.9 Å². The normalized spacial score (nSPS) is 11.1. The number of aromatic nitrogens is 2. The number of hydrogen-bond donors (Lipinski definition) is 1. The molecule has 1 aromatic heterocycles. The minimum atomic E-state index is -0.333. The van der Waals surface area contributed by atoms with Crippen LogP contribution in [0.5, 0.6) is 0 Å². The molecule has 0 atom stereocenters. The summed E-state index contributed by atoms with van der Waals surface area (Å²) in [6.45, 7) is 3.68. The first-order valence-corrected chi connectivity index (χ1v) is 12.8. The number of benzene rings is 4. The topological polar surface area (TPSA) is 67.2 Å². The molecule has 7 heteroatoms. The van der Waals surface area contributed by atoms with Crippen molar-refractivity contribution in [1.82, 2.24) is 14.7 Å². The quantitative estimate of drug-likeness (QED) is 0.254. The summed E-state index contributed by atoms with van der Waals surface area (Å²) in [6, 6.07) is 32.1. The molecule has 38 heavy (non-hydrogen) atoms. The fraction of sp³-hybridized carbons (Fsp3) is 0.129. The van der Waals surface area contributed by atoms with Crippen molar-refractivity contribution in [1.29, 1.82) is 0 Å². The van der Waals surface area contributed by atoms with E-state index in [9.17, 15) is 9.59 Å². The second-order valence-corrected chi connectivity index (χ2v) is 9.69. The lowest BCUT2D eigenvalue weighted by Gasteiger charge is -2.26. The zero-order chi connectivity index (χ0) is 26.6. The van der Waals surface area contributed by atoms with Gasteiger partial charge in [-0.2, -0.15) is 5.10 Å². The summed E-state index contributed by atoms with van der Waals surface area (Å²) < 4.78 is 1.62. The number of anilines is 1. The minimum absolute atomic E-state index is 0.113. The summed E-state index contributed by atoms with van der Waals surface area (Å²) >= 11 is 6.47.